The minimum Gasteiger partial charge on any atom is -0.324 e. The van der Waals surface area contributed by atoms with Crippen molar-refractivity contribution >= 4 is 27.5 Å². The molecule has 2 aromatic carbocycles. The van der Waals surface area contributed by atoms with Crippen LogP contribution in [0.15, 0.2) is 46.9 Å². The van der Waals surface area contributed by atoms with Crippen molar-refractivity contribution in [1.29, 1.82) is 0 Å². The van der Waals surface area contributed by atoms with Gasteiger partial charge in [0.05, 0.1) is 5.02 Å². The molecule has 1 nitrogen and oxygen atoms in total. The summed E-state index contributed by atoms with van der Waals surface area (Å²) in [6.07, 6.45) is 0.621. The van der Waals surface area contributed by atoms with Crippen molar-refractivity contribution in [2.24, 2.45) is 5.73 Å². The van der Waals surface area contributed by atoms with E-state index in [1.807, 2.05) is 24.3 Å². The lowest BCUT2D eigenvalue weighted by atomic mass is 10.00. The summed E-state index contributed by atoms with van der Waals surface area (Å²) in [5, 5.41) is 0.133. The fourth-order valence-electron chi connectivity index (χ4n) is 1.78. The van der Waals surface area contributed by atoms with Crippen molar-refractivity contribution in [2.75, 3.05) is 0 Å². The van der Waals surface area contributed by atoms with Crippen molar-refractivity contribution in [1.82, 2.24) is 0 Å². The van der Waals surface area contributed by atoms with E-state index >= 15 is 0 Å². The summed E-state index contributed by atoms with van der Waals surface area (Å²) < 4.78 is 14.0. The van der Waals surface area contributed by atoms with Gasteiger partial charge < -0.3 is 5.73 Å². The maximum absolute atomic E-state index is 13.0. The number of nitrogens with two attached hydrogens (primary N) is 1. The molecule has 0 aromatic heterocycles. The highest BCUT2D eigenvalue weighted by molar-refractivity contribution is 9.10. The van der Waals surface area contributed by atoms with Crippen LogP contribution in [0.4, 0.5) is 4.39 Å². The molecule has 0 aliphatic heterocycles. The van der Waals surface area contributed by atoms with Gasteiger partial charge in [0.25, 0.3) is 0 Å². The third-order valence-corrected chi connectivity index (χ3v) is 3.50. The molecule has 18 heavy (non-hydrogen) atoms. The molecule has 0 fully saturated rings. The van der Waals surface area contributed by atoms with Crippen LogP contribution in [0, 0.1) is 5.82 Å². The summed E-state index contributed by atoms with van der Waals surface area (Å²) in [5.74, 6) is -0.406. The second-order valence-electron chi connectivity index (χ2n) is 4.11. The summed E-state index contributed by atoms with van der Waals surface area (Å²) in [7, 11) is 0. The van der Waals surface area contributed by atoms with E-state index in [-0.39, 0.29) is 11.1 Å². The second-order valence-corrected chi connectivity index (χ2v) is 5.44. The Morgan fingerprint density at radius 2 is 2.00 bits per heavy atom. The largest absolute Gasteiger partial charge is 0.324 e. The minimum atomic E-state index is -0.406. The van der Waals surface area contributed by atoms with Crippen LogP contribution in [0.5, 0.6) is 0 Å². The van der Waals surface area contributed by atoms with Crippen LogP contribution in [-0.4, -0.2) is 0 Å². The molecule has 2 N–H and O–H groups in total. The van der Waals surface area contributed by atoms with Gasteiger partial charge in [-0.2, -0.15) is 0 Å². The molecule has 0 aliphatic carbocycles. The van der Waals surface area contributed by atoms with Crippen molar-refractivity contribution in [3.8, 4) is 0 Å². The van der Waals surface area contributed by atoms with E-state index in [2.05, 4.69) is 15.9 Å². The lowest BCUT2D eigenvalue weighted by Gasteiger charge is -2.13. The summed E-state index contributed by atoms with van der Waals surface area (Å²) in [4.78, 5) is 0. The molecule has 1 atom stereocenters. The van der Waals surface area contributed by atoms with Crippen molar-refractivity contribution in [2.45, 2.75) is 12.5 Å². The van der Waals surface area contributed by atoms with Gasteiger partial charge in [-0.3, -0.25) is 0 Å². The van der Waals surface area contributed by atoms with Gasteiger partial charge in [-0.05, 0) is 41.8 Å². The topological polar surface area (TPSA) is 26.0 Å². The standard InChI is InChI=1S/C14H12BrClFN/c15-11-3-1-2-10(8-11)14(18)7-9-4-5-13(17)12(16)6-9/h1-6,8,14H,7,18H2. The highest BCUT2D eigenvalue weighted by Gasteiger charge is 2.09. The van der Waals surface area contributed by atoms with Crippen LogP contribution in [0.2, 0.25) is 5.02 Å². The first-order chi connectivity index (χ1) is 8.56. The van der Waals surface area contributed by atoms with Gasteiger partial charge in [-0.25, -0.2) is 4.39 Å². The molecule has 0 spiro atoms. The van der Waals surface area contributed by atoms with E-state index < -0.39 is 5.82 Å². The SMILES string of the molecule is NC(Cc1ccc(F)c(Cl)c1)c1cccc(Br)c1. The lowest BCUT2D eigenvalue weighted by molar-refractivity contribution is 0.626. The number of hydrogen-bond donors (Lipinski definition) is 1. The Balaban J connectivity index is 2.16. The number of benzene rings is 2. The third-order valence-electron chi connectivity index (χ3n) is 2.72. The Bertz CT molecular complexity index is 559. The molecule has 1 unspecified atom stereocenters. The van der Waals surface area contributed by atoms with E-state index in [1.165, 1.54) is 6.07 Å². The van der Waals surface area contributed by atoms with Crippen molar-refractivity contribution < 1.29 is 4.39 Å². The van der Waals surface area contributed by atoms with Gasteiger partial charge in [0.2, 0.25) is 0 Å². The zero-order valence-electron chi connectivity index (χ0n) is 9.54. The molecular formula is C14H12BrClFN. The Morgan fingerprint density at radius 3 is 2.67 bits per heavy atom. The van der Waals surface area contributed by atoms with Crippen LogP contribution in [0.25, 0.3) is 0 Å². The molecule has 0 saturated heterocycles. The molecule has 4 heteroatoms. The zero-order valence-corrected chi connectivity index (χ0v) is 11.9. The maximum Gasteiger partial charge on any atom is 0.141 e. The van der Waals surface area contributed by atoms with Crippen molar-refractivity contribution in [3.05, 3.63) is 68.9 Å². The molecule has 0 amide bonds. The average molecular weight is 329 g/mol. The Morgan fingerprint density at radius 1 is 1.22 bits per heavy atom. The summed E-state index contributed by atoms with van der Waals surface area (Å²) in [6.45, 7) is 0. The van der Waals surface area contributed by atoms with Gasteiger partial charge in [0.1, 0.15) is 5.82 Å². The van der Waals surface area contributed by atoms with Crippen LogP contribution < -0.4 is 5.73 Å². The van der Waals surface area contributed by atoms with E-state index in [4.69, 9.17) is 17.3 Å². The van der Waals surface area contributed by atoms with Crippen LogP contribution >= 0.6 is 27.5 Å². The third kappa shape index (κ3) is 3.31. The zero-order chi connectivity index (χ0) is 13.1. The molecule has 0 saturated carbocycles. The van der Waals surface area contributed by atoms with Crippen LogP contribution in [0.3, 0.4) is 0 Å². The van der Waals surface area contributed by atoms with E-state index in [0.29, 0.717) is 6.42 Å². The van der Waals surface area contributed by atoms with Crippen LogP contribution in [-0.2, 0) is 6.42 Å². The molecule has 0 aliphatic rings. The van der Waals surface area contributed by atoms with E-state index in [9.17, 15) is 4.39 Å². The fraction of sp³-hybridized carbons (Fsp3) is 0.143. The molecule has 2 rings (SSSR count). The molecule has 2 aromatic rings. The highest BCUT2D eigenvalue weighted by atomic mass is 79.9. The smallest absolute Gasteiger partial charge is 0.141 e. The number of halogens is 3. The van der Waals surface area contributed by atoms with Gasteiger partial charge in [-0.15, -0.1) is 0 Å². The molecular weight excluding hydrogens is 317 g/mol. The van der Waals surface area contributed by atoms with Crippen LogP contribution in [0.1, 0.15) is 17.2 Å². The van der Waals surface area contributed by atoms with Gasteiger partial charge >= 0.3 is 0 Å². The summed E-state index contributed by atoms with van der Waals surface area (Å²) in [5.41, 5.74) is 8.08. The first-order valence-electron chi connectivity index (χ1n) is 5.51. The van der Waals surface area contributed by atoms with Gasteiger partial charge in [0, 0.05) is 10.5 Å². The fourth-order valence-corrected chi connectivity index (χ4v) is 2.40. The van der Waals surface area contributed by atoms with E-state index in [1.54, 1.807) is 12.1 Å². The molecule has 0 heterocycles. The first kappa shape index (κ1) is 13.5. The van der Waals surface area contributed by atoms with Gasteiger partial charge in [0.15, 0.2) is 0 Å². The highest BCUT2D eigenvalue weighted by Crippen LogP contribution is 2.22. The average Bonchev–Trinajstić information content (AvgIpc) is 2.34. The number of hydrogen-bond acceptors (Lipinski definition) is 1. The Labute approximate surface area is 119 Å². The monoisotopic (exact) mass is 327 g/mol. The van der Waals surface area contributed by atoms with Crippen molar-refractivity contribution in [3.63, 3.8) is 0 Å². The maximum atomic E-state index is 13.0. The predicted octanol–water partition coefficient (Wildman–Crippen LogP) is 4.48. The Hall–Kier alpha value is -0.900. The molecule has 0 radical (unpaired) electrons. The molecule has 94 valence electrons. The summed E-state index contributed by atoms with van der Waals surface area (Å²) >= 11 is 9.16. The summed E-state index contributed by atoms with van der Waals surface area (Å²) in [6, 6.07) is 12.4. The molecule has 0 bridgehead atoms. The number of rotatable bonds is 3. The second kappa shape index (κ2) is 5.83. The predicted molar refractivity (Wildman–Crippen MR) is 76.2 cm³/mol. The first-order valence-corrected chi connectivity index (χ1v) is 6.68. The minimum absolute atomic E-state index is 0.133. The quantitative estimate of drug-likeness (QED) is 0.883. The van der Waals surface area contributed by atoms with E-state index in [0.717, 1.165) is 15.6 Å². The normalized spacial score (nSPS) is 12.4. The Kier molecular flexibility index (Phi) is 4.38. The van der Waals surface area contributed by atoms with Gasteiger partial charge in [-0.1, -0.05) is 45.7 Å². The lowest BCUT2D eigenvalue weighted by Crippen LogP contribution is -2.13.